The molecular formula is C18H17BrN2O2S. The van der Waals surface area contributed by atoms with E-state index in [-0.39, 0.29) is 5.91 Å². The predicted molar refractivity (Wildman–Crippen MR) is 102 cm³/mol. The second-order valence-electron chi connectivity index (χ2n) is 5.38. The van der Waals surface area contributed by atoms with E-state index in [0.29, 0.717) is 10.9 Å². The van der Waals surface area contributed by atoms with E-state index in [1.165, 1.54) is 16.9 Å². The number of hydrogen-bond acceptors (Lipinski definition) is 4. The largest absolute Gasteiger partial charge is 0.481 e. The maximum absolute atomic E-state index is 12.3. The Morgan fingerprint density at radius 1 is 1.29 bits per heavy atom. The van der Waals surface area contributed by atoms with Gasteiger partial charge in [-0.25, -0.2) is 4.98 Å². The highest BCUT2D eigenvalue weighted by molar-refractivity contribution is 9.10. The third-order valence-corrected chi connectivity index (χ3v) is 5.05. The zero-order valence-electron chi connectivity index (χ0n) is 13.4. The first-order valence-corrected chi connectivity index (χ1v) is 9.28. The Balaban J connectivity index is 1.68. The summed E-state index contributed by atoms with van der Waals surface area (Å²) in [7, 11) is 0. The van der Waals surface area contributed by atoms with Gasteiger partial charge in [0.25, 0.3) is 5.91 Å². The number of benzene rings is 2. The number of aromatic nitrogens is 1. The van der Waals surface area contributed by atoms with Gasteiger partial charge >= 0.3 is 0 Å². The Bertz CT molecular complexity index is 861. The highest BCUT2D eigenvalue weighted by atomic mass is 79.9. The van der Waals surface area contributed by atoms with Gasteiger partial charge in [-0.1, -0.05) is 40.3 Å². The van der Waals surface area contributed by atoms with Crippen molar-refractivity contribution >= 4 is 48.5 Å². The van der Waals surface area contributed by atoms with Gasteiger partial charge in [0, 0.05) is 4.47 Å². The van der Waals surface area contributed by atoms with Crippen LogP contribution in [0, 0.1) is 0 Å². The van der Waals surface area contributed by atoms with Gasteiger partial charge in [0.1, 0.15) is 5.75 Å². The van der Waals surface area contributed by atoms with Crippen LogP contribution in [0.25, 0.3) is 10.2 Å². The summed E-state index contributed by atoms with van der Waals surface area (Å²) in [4.78, 5) is 16.8. The van der Waals surface area contributed by atoms with Gasteiger partial charge in [-0.05, 0) is 55.3 Å². The van der Waals surface area contributed by atoms with E-state index in [1.807, 2.05) is 30.3 Å². The van der Waals surface area contributed by atoms with Gasteiger partial charge in [0.2, 0.25) is 0 Å². The van der Waals surface area contributed by atoms with Crippen LogP contribution in [-0.4, -0.2) is 17.0 Å². The summed E-state index contributed by atoms with van der Waals surface area (Å²) in [5, 5.41) is 3.43. The number of fused-ring (bicyclic) bond motifs is 1. The van der Waals surface area contributed by atoms with Crippen molar-refractivity contribution in [3.05, 3.63) is 52.5 Å². The van der Waals surface area contributed by atoms with Crippen LogP contribution in [0.5, 0.6) is 5.75 Å². The lowest BCUT2D eigenvalue weighted by atomic mass is 10.2. The molecule has 1 atom stereocenters. The number of hydrogen-bond donors (Lipinski definition) is 1. The van der Waals surface area contributed by atoms with Crippen LogP contribution >= 0.6 is 27.3 Å². The number of carbonyl (C=O) groups is 1. The molecule has 4 nitrogen and oxygen atoms in total. The minimum Gasteiger partial charge on any atom is -0.481 e. The van der Waals surface area contributed by atoms with Crippen LogP contribution in [0.2, 0.25) is 0 Å². The lowest BCUT2D eigenvalue weighted by molar-refractivity contribution is -0.122. The number of rotatable bonds is 5. The summed E-state index contributed by atoms with van der Waals surface area (Å²) >= 11 is 4.85. The molecule has 1 unspecified atom stereocenters. The van der Waals surface area contributed by atoms with Crippen LogP contribution in [0.4, 0.5) is 5.13 Å². The molecule has 1 amide bonds. The van der Waals surface area contributed by atoms with E-state index < -0.39 is 6.10 Å². The van der Waals surface area contributed by atoms with Crippen molar-refractivity contribution in [2.75, 3.05) is 5.32 Å². The zero-order valence-corrected chi connectivity index (χ0v) is 15.8. The van der Waals surface area contributed by atoms with Crippen molar-refractivity contribution in [3.8, 4) is 5.75 Å². The molecule has 1 N–H and O–H groups in total. The minimum atomic E-state index is -0.607. The van der Waals surface area contributed by atoms with Crippen molar-refractivity contribution in [1.82, 2.24) is 4.98 Å². The summed E-state index contributed by atoms with van der Waals surface area (Å²) < 4.78 is 7.70. The molecule has 0 bridgehead atoms. The first-order valence-electron chi connectivity index (χ1n) is 7.67. The highest BCUT2D eigenvalue weighted by Gasteiger charge is 2.17. The monoisotopic (exact) mass is 404 g/mol. The van der Waals surface area contributed by atoms with Crippen LogP contribution in [0.1, 0.15) is 19.4 Å². The number of aryl methyl sites for hydroxylation is 1. The zero-order chi connectivity index (χ0) is 17.1. The van der Waals surface area contributed by atoms with Gasteiger partial charge in [0.05, 0.1) is 10.2 Å². The van der Waals surface area contributed by atoms with Crippen molar-refractivity contribution in [3.63, 3.8) is 0 Å². The molecule has 0 aliphatic rings. The molecule has 3 rings (SSSR count). The number of halogens is 1. The molecule has 0 saturated heterocycles. The highest BCUT2D eigenvalue weighted by Crippen LogP contribution is 2.27. The summed E-state index contributed by atoms with van der Waals surface area (Å²) in [6.07, 6.45) is 0.373. The number of thiazole rings is 1. The third-order valence-electron chi connectivity index (χ3n) is 3.59. The Hall–Kier alpha value is -1.92. The molecule has 0 aliphatic carbocycles. The smallest absolute Gasteiger partial charge is 0.266 e. The van der Waals surface area contributed by atoms with Crippen molar-refractivity contribution in [1.29, 1.82) is 0 Å². The van der Waals surface area contributed by atoms with Crippen molar-refractivity contribution in [2.24, 2.45) is 0 Å². The summed E-state index contributed by atoms with van der Waals surface area (Å²) in [5.41, 5.74) is 2.16. The Labute approximate surface area is 153 Å². The summed E-state index contributed by atoms with van der Waals surface area (Å²) in [6, 6.07) is 13.5. The van der Waals surface area contributed by atoms with E-state index in [9.17, 15) is 4.79 Å². The quantitative estimate of drug-likeness (QED) is 0.648. The number of nitrogens with zero attached hydrogens (tertiary/aromatic N) is 1. The fourth-order valence-corrected chi connectivity index (χ4v) is 3.42. The van der Waals surface area contributed by atoms with E-state index in [1.54, 1.807) is 6.92 Å². The molecule has 1 heterocycles. The molecule has 124 valence electrons. The molecule has 1 aromatic heterocycles. The lowest BCUT2D eigenvalue weighted by Gasteiger charge is -2.13. The van der Waals surface area contributed by atoms with Gasteiger partial charge < -0.3 is 4.74 Å². The van der Waals surface area contributed by atoms with E-state index in [4.69, 9.17) is 4.74 Å². The Morgan fingerprint density at radius 2 is 2.04 bits per heavy atom. The molecule has 0 saturated carbocycles. The van der Waals surface area contributed by atoms with Crippen LogP contribution in [-0.2, 0) is 11.2 Å². The maximum atomic E-state index is 12.3. The van der Waals surface area contributed by atoms with Crippen LogP contribution in [0.3, 0.4) is 0 Å². The molecule has 2 aromatic carbocycles. The second kappa shape index (κ2) is 7.32. The molecular weight excluding hydrogens is 388 g/mol. The molecule has 0 spiro atoms. The SMILES string of the molecule is CCc1ccc2nc(NC(=O)C(C)Oc3ccc(Br)cc3)sc2c1. The maximum Gasteiger partial charge on any atom is 0.266 e. The van der Waals surface area contributed by atoms with E-state index in [2.05, 4.69) is 45.3 Å². The standard InChI is InChI=1S/C18H17BrN2O2S/c1-3-12-4-9-15-16(10-12)24-18(20-15)21-17(22)11(2)23-14-7-5-13(19)6-8-14/h4-11H,3H2,1-2H3,(H,20,21,22). The topological polar surface area (TPSA) is 51.2 Å². The van der Waals surface area contributed by atoms with Gasteiger partial charge in [0.15, 0.2) is 11.2 Å². The normalized spacial score (nSPS) is 12.1. The first kappa shape index (κ1) is 16.9. The molecule has 24 heavy (non-hydrogen) atoms. The van der Waals surface area contributed by atoms with Crippen molar-refractivity contribution < 1.29 is 9.53 Å². The molecule has 3 aromatic rings. The van der Waals surface area contributed by atoms with Gasteiger partial charge in [-0.2, -0.15) is 0 Å². The van der Waals surface area contributed by atoms with Crippen LogP contribution < -0.4 is 10.1 Å². The number of ether oxygens (including phenoxy) is 1. The third kappa shape index (κ3) is 3.94. The predicted octanol–water partition coefficient (Wildman–Crippen LogP) is 5.03. The number of carbonyl (C=O) groups excluding carboxylic acids is 1. The second-order valence-corrected chi connectivity index (χ2v) is 7.32. The fourth-order valence-electron chi connectivity index (χ4n) is 2.22. The first-order chi connectivity index (χ1) is 11.5. The number of amides is 1. The Morgan fingerprint density at radius 3 is 2.75 bits per heavy atom. The molecule has 0 radical (unpaired) electrons. The number of nitrogens with one attached hydrogen (secondary N) is 1. The lowest BCUT2D eigenvalue weighted by Crippen LogP contribution is -2.30. The molecule has 0 aliphatic heterocycles. The fraction of sp³-hybridized carbons (Fsp3) is 0.222. The van der Waals surface area contributed by atoms with Crippen molar-refractivity contribution in [2.45, 2.75) is 26.4 Å². The summed E-state index contributed by atoms with van der Waals surface area (Å²) in [6.45, 7) is 3.84. The average Bonchev–Trinajstić information content (AvgIpc) is 2.97. The molecule has 6 heteroatoms. The number of anilines is 1. The Kier molecular flexibility index (Phi) is 5.16. The van der Waals surface area contributed by atoms with Gasteiger partial charge in [-0.3, -0.25) is 10.1 Å². The average molecular weight is 405 g/mol. The van der Waals surface area contributed by atoms with E-state index >= 15 is 0 Å². The summed E-state index contributed by atoms with van der Waals surface area (Å²) in [5.74, 6) is 0.436. The van der Waals surface area contributed by atoms with Gasteiger partial charge in [-0.15, -0.1) is 0 Å². The molecule has 0 fully saturated rings. The van der Waals surface area contributed by atoms with Crippen LogP contribution in [0.15, 0.2) is 46.9 Å². The minimum absolute atomic E-state index is 0.215. The van der Waals surface area contributed by atoms with E-state index in [0.717, 1.165) is 21.1 Å².